The van der Waals surface area contributed by atoms with Gasteiger partial charge in [0.1, 0.15) is 0 Å². The van der Waals surface area contributed by atoms with Crippen molar-refractivity contribution in [1.82, 2.24) is 4.90 Å². The fourth-order valence-electron chi connectivity index (χ4n) is 2.75. The minimum absolute atomic E-state index is 0.0177. The summed E-state index contributed by atoms with van der Waals surface area (Å²) in [6.45, 7) is 3.22. The molecule has 1 unspecified atom stereocenters. The molecule has 1 heterocycles. The number of anilines is 1. The van der Waals surface area contributed by atoms with Crippen LogP contribution in [-0.4, -0.2) is 48.6 Å². The molecule has 0 aromatic heterocycles. The molecule has 5 heteroatoms. The molecule has 1 aliphatic rings. The number of amides is 1. The Morgan fingerprint density at radius 3 is 2.62 bits per heavy atom. The Kier molecular flexibility index (Phi) is 4.63. The van der Waals surface area contributed by atoms with E-state index in [9.17, 15) is 14.7 Å². The molecule has 1 N–H and O–H groups in total. The van der Waals surface area contributed by atoms with Crippen LogP contribution in [0.3, 0.4) is 0 Å². The number of carboxylic acids is 1. The highest BCUT2D eigenvalue weighted by atomic mass is 16.4. The van der Waals surface area contributed by atoms with E-state index in [1.54, 1.807) is 18.9 Å². The standard InChI is InChI=1S/C16H22N2O3/c1-16(15(20)21)9-6-10-18(12-16)11-14(19)17(2)13-7-4-3-5-8-13/h3-5,7-8H,6,9-12H2,1-2H3,(H,20,21). The second-order valence-corrected chi connectivity index (χ2v) is 5.97. The van der Waals surface area contributed by atoms with Gasteiger partial charge in [0, 0.05) is 19.3 Å². The number of nitrogens with zero attached hydrogens (tertiary/aromatic N) is 2. The van der Waals surface area contributed by atoms with Crippen LogP contribution in [0.25, 0.3) is 0 Å². The Hall–Kier alpha value is -1.88. The van der Waals surface area contributed by atoms with Crippen LogP contribution in [0.1, 0.15) is 19.8 Å². The molecule has 0 bridgehead atoms. The Morgan fingerprint density at radius 1 is 1.33 bits per heavy atom. The van der Waals surface area contributed by atoms with Crippen molar-refractivity contribution in [3.05, 3.63) is 30.3 Å². The number of piperidine rings is 1. The van der Waals surface area contributed by atoms with E-state index in [-0.39, 0.29) is 12.5 Å². The summed E-state index contributed by atoms with van der Waals surface area (Å²) in [5.74, 6) is -0.799. The van der Waals surface area contributed by atoms with E-state index in [1.807, 2.05) is 35.2 Å². The van der Waals surface area contributed by atoms with Crippen LogP contribution in [0.4, 0.5) is 5.69 Å². The van der Waals surface area contributed by atoms with Gasteiger partial charge >= 0.3 is 5.97 Å². The number of benzene rings is 1. The number of para-hydroxylation sites is 1. The number of carbonyl (C=O) groups excluding carboxylic acids is 1. The molecule has 21 heavy (non-hydrogen) atoms. The number of aliphatic carboxylic acids is 1. The Bertz CT molecular complexity index is 518. The van der Waals surface area contributed by atoms with Gasteiger partial charge in [-0.25, -0.2) is 0 Å². The van der Waals surface area contributed by atoms with Gasteiger partial charge in [-0.2, -0.15) is 0 Å². The number of hydrogen-bond acceptors (Lipinski definition) is 3. The highest BCUT2D eigenvalue weighted by Crippen LogP contribution is 2.29. The first kappa shape index (κ1) is 15.5. The van der Waals surface area contributed by atoms with Crippen LogP contribution in [0.5, 0.6) is 0 Å². The lowest BCUT2D eigenvalue weighted by Crippen LogP contribution is -2.49. The van der Waals surface area contributed by atoms with Gasteiger partial charge in [0.25, 0.3) is 0 Å². The van der Waals surface area contributed by atoms with Crippen molar-refractivity contribution < 1.29 is 14.7 Å². The first-order chi connectivity index (χ1) is 9.92. The first-order valence-electron chi connectivity index (χ1n) is 7.20. The molecule has 1 aliphatic heterocycles. The van der Waals surface area contributed by atoms with Gasteiger partial charge in [-0.1, -0.05) is 18.2 Å². The fourth-order valence-corrected chi connectivity index (χ4v) is 2.75. The third kappa shape index (κ3) is 3.61. The molecule has 0 spiro atoms. The van der Waals surface area contributed by atoms with Crippen molar-refractivity contribution in [3.63, 3.8) is 0 Å². The van der Waals surface area contributed by atoms with E-state index < -0.39 is 11.4 Å². The van der Waals surface area contributed by atoms with E-state index in [2.05, 4.69) is 0 Å². The zero-order valence-electron chi connectivity index (χ0n) is 12.6. The van der Waals surface area contributed by atoms with Gasteiger partial charge in [-0.15, -0.1) is 0 Å². The zero-order chi connectivity index (χ0) is 15.5. The second-order valence-electron chi connectivity index (χ2n) is 5.97. The average molecular weight is 290 g/mol. The lowest BCUT2D eigenvalue weighted by Gasteiger charge is -2.37. The molecule has 1 aromatic carbocycles. The molecule has 0 saturated carbocycles. The number of hydrogen-bond donors (Lipinski definition) is 1. The van der Waals surface area contributed by atoms with Crippen LogP contribution in [-0.2, 0) is 9.59 Å². The maximum absolute atomic E-state index is 12.3. The molecular formula is C16H22N2O3. The minimum Gasteiger partial charge on any atom is -0.481 e. The molecule has 0 aliphatic carbocycles. The van der Waals surface area contributed by atoms with Crippen molar-refractivity contribution in [2.75, 3.05) is 31.6 Å². The molecule has 5 nitrogen and oxygen atoms in total. The lowest BCUT2D eigenvalue weighted by molar-refractivity contribution is -0.151. The monoisotopic (exact) mass is 290 g/mol. The predicted molar refractivity (Wildman–Crippen MR) is 81.3 cm³/mol. The summed E-state index contributed by atoms with van der Waals surface area (Å²) in [7, 11) is 1.75. The van der Waals surface area contributed by atoms with Crippen LogP contribution < -0.4 is 4.90 Å². The smallest absolute Gasteiger partial charge is 0.310 e. The predicted octanol–water partition coefficient (Wildman–Crippen LogP) is 1.84. The molecule has 1 atom stereocenters. The van der Waals surface area contributed by atoms with Gasteiger partial charge < -0.3 is 10.0 Å². The minimum atomic E-state index is -0.781. The molecule has 1 saturated heterocycles. The lowest BCUT2D eigenvalue weighted by atomic mass is 9.82. The summed E-state index contributed by atoms with van der Waals surface area (Å²) in [4.78, 5) is 27.2. The van der Waals surface area contributed by atoms with Crippen molar-refractivity contribution in [2.24, 2.45) is 5.41 Å². The summed E-state index contributed by atoms with van der Waals surface area (Å²) in [6.07, 6.45) is 1.48. The largest absolute Gasteiger partial charge is 0.481 e. The van der Waals surface area contributed by atoms with Crippen LogP contribution in [0.2, 0.25) is 0 Å². The van der Waals surface area contributed by atoms with Crippen molar-refractivity contribution >= 4 is 17.6 Å². The van der Waals surface area contributed by atoms with Crippen molar-refractivity contribution in [3.8, 4) is 0 Å². The van der Waals surface area contributed by atoms with Gasteiger partial charge in [0.2, 0.25) is 5.91 Å². The summed E-state index contributed by atoms with van der Waals surface area (Å²) in [5, 5.41) is 9.31. The number of likely N-dealkylation sites (tertiary alicyclic amines) is 1. The molecule has 2 rings (SSSR count). The number of carboxylic acid groups (broad SMARTS) is 1. The second kappa shape index (κ2) is 6.26. The molecule has 1 aromatic rings. The van der Waals surface area contributed by atoms with E-state index in [4.69, 9.17) is 0 Å². The molecule has 0 radical (unpaired) electrons. The third-order valence-electron chi connectivity index (χ3n) is 4.17. The topological polar surface area (TPSA) is 60.9 Å². The first-order valence-corrected chi connectivity index (χ1v) is 7.20. The summed E-state index contributed by atoms with van der Waals surface area (Å²) in [6, 6.07) is 9.46. The fraction of sp³-hybridized carbons (Fsp3) is 0.500. The molecule has 1 fully saturated rings. The third-order valence-corrected chi connectivity index (χ3v) is 4.17. The van der Waals surface area contributed by atoms with Crippen LogP contribution in [0, 0.1) is 5.41 Å². The normalized spacial score (nSPS) is 22.8. The highest BCUT2D eigenvalue weighted by molar-refractivity contribution is 5.94. The maximum Gasteiger partial charge on any atom is 0.310 e. The summed E-state index contributed by atoms with van der Waals surface area (Å²) >= 11 is 0. The van der Waals surface area contributed by atoms with E-state index >= 15 is 0 Å². The Balaban J connectivity index is 1.98. The summed E-state index contributed by atoms with van der Waals surface area (Å²) < 4.78 is 0. The SMILES string of the molecule is CN(C(=O)CN1CCCC(C)(C(=O)O)C1)c1ccccc1. The molecule has 1 amide bonds. The zero-order valence-corrected chi connectivity index (χ0v) is 12.6. The van der Waals surface area contributed by atoms with E-state index in [0.717, 1.165) is 18.7 Å². The maximum atomic E-state index is 12.3. The van der Waals surface area contributed by atoms with E-state index in [1.165, 1.54) is 0 Å². The molecule has 114 valence electrons. The van der Waals surface area contributed by atoms with Gasteiger partial charge in [0.05, 0.1) is 12.0 Å². The highest BCUT2D eigenvalue weighted by Gasteiger charge is 2.38. The quantitative estimate of drug-likeness (QED) is 0.919. The Labute approximate surface area is 125 Å². The number of rotatable bonds is 4. The van der Waals surface area contributed by atoms with E-state index in [0.29, 0.717) is 13.0 Å². The van der Waals surface area contributed by atoms with Gasteiger partial charge in [-0.3, -0.25) is 14.5 Å². The van der Waals surface area contributed by atoms with Crippen LogP contribution >= 0.6 is 0 Å². The van der Waals surface area contributed by atoms with Gasteiger partial charge in [0.15, 0.2) is 0 Å². The average Bonchev–Trinajstić information content (AvgIpc) is 2.47. The summed E-state index contributed by atoms with van der Waals surface area (Å²) in [5.41, 5.74) is 0.102. The number of carbonyl (C=O) groups is 2. The van der Waals surface area contributed by atoms with Crippen LogP contribution in [0.15, 0.2) is 30.3 Å². The Morgan fingerprint density at radius 2 is 2.00 bits per heavy atom. The number of likely N-dealkylation sites (N-methyl/N-ethyl adjacent to an activating group) is 1. The van der Waals surface area contributed by atoms with Crippen molar-refractivity contribution in [2.45, 2.75) is 19.8 Å². The van der Waals surface area contributed by atoms with Crippen molar-refractivity contribution in [1.29, 1.82) is 0 Å². The molecular weight excluding hydrogens is 268 g/mol. The van der Waals surface area contributed by atoms with Gasteiger partial charge in [-0.05, 0) is 38.4 Å².